The van der Waals surface area contributed by atoms with Gasteiger partial charge >= 0.3 is 0 Å². The lowest BCUT2D eigenvalue weighted by molar-refractivity contribution is -0.137. The molecule has 1 saturated heterocycles. The third-order valence-electron chi connectivity index (χ3n) is 6.79. The first-order chi connectivity index (χ1) is 20.0. The normalized spacial score (nSPS) is 16.6. The molecule has 2 N–H and O–H groups in total. The second kappa shape index (κ2) is 13.1. The van der Waals surface area contributed by atoms with Gasteiger partial charge in [0.15, 0.2) is 6.61 Å². The number of nitrogens with one attached hydrogen (secondary N) is 2. The number of thioether (sulfide) groups is 1. The smallest absolute Gasteiger partial charge is 0.260 e. The van der Waals surface area contributed by atoms with Gasteiger partial charge in [-0.25, -0.2) is 4.68 Å². The van der Waals surface area contributed by atoms with Gasteiger partial charge in [-0.2, -0.15) is 4.98 Å². The van der Waals surface area contributed by atoms with Crippen LogP contribution in [0.25, 0.3) is 0 Å². The number of carbonyl (C=O) groups is 2. The molecule has 1 atom stereocenters. The van der Waals surface area contributed by atoms with E-state index in [1.54, 1.807) is 52.7 Å². The van der Waals surface area contributed by atoms with Crippen LogP contribution in [0, 0.1) is 0 Å². The molecule has 12 heteroatoms. The van der Waals surface area contributed by atoms with Crippen molar-refractivity contribution in [2.24, 2.45) is 0 Å². The third-order valence-corrected chi connectivity index (χ3v) is 7.83. The van der Waals surface area contributed by atoms with E-state index >= 15 is 0 Å². The highest BCUT2D eigenvalue weighted by atomic mass is 32.2. The van der Waals surface area contributed by atoms with Crippen LogP contribution in [-0.2, 0) is 14.3 Å². The van der Waals surface area contributed by atoms with Gasteiger partial charge in [-0.05, 0) is 43.2 Å². The van der Waals surface area contributed by atoms with E-state index in [1.165, 1.54) is 0 Å². The number of benzene rings is 2. The van der Waals surface area contributed by atoms with Crippen molar-refractivity contribution in [3.05, 3.63) is 65.4 Å². The summed E-state index contributed by atoms with van der Waals surface area (Å²) in [7, 11) is 1.57. The molecule has 3 aromatic rings. The summed E-state index contributed by atoms with van der Waals surface area (Å²) in [4.78, 5) is 32.7. The zero-order chi connectivity index (χ0) is 28.8. The molecule has 1 aromatic heterocycles. The topological polar surface area (TPSA) is 120 Å². The minimum atomic E-state index is -0.548. The molecule has 0 bridgehead atoms. The molecule has 0 radical (unpaired) electrons. The summed E-state index contributed by atoms with van der Waals surface area (Å²) >= 11 is 1.57. The highest BCUT2D eigenvalue weighted by Crippen LogP contribution is 2.38. The Hall–Kier alpha value is -4.03. The summed E-state index contributed by atoms with van der Waals surface area (Å²) in [5.41, 5.74) is 2.56. The molecular weight excluding hydrogens is 544 g/mol. The first-order valence-corrected chi connectivity index (χ1v) is 14.6. The number of anilines is 2. The van der Waals surface area contributed by atoms with Crippen molar-refractivity contribution in [3.63, 3.8) is 0 Å². The first-order valence-electron chi connectivity index (χ1n) is 13.6. The monoisotopic (exact) mass is 578 g/mol. The number of methoxy groups -OCH3 is 1. The largest absolute Gasteiger partial charge is 0.495 e. The maximum absolute atomic E-state index is 13.8. The van der Waals surface area contributed by atoms with Gasteiger partial charge in [0.2, 0.25) is 11.1 Å². The summed E-state index contributed by atoms with van der Waals surface area (Å²) < 4.78 is 18.3. The number of allylic oxidation sites excluding steroid dienone is 1. The third kappa shape index (κ3) is 6.49. The summed E-state index contributed by atoms with van der Waals surface area (Å²) in [6.07, 6.45) is 0.991. The van der Waals surface area contributed by atoms with Gasteiger partial charge in [-0.15, -0.1) is 5.10 Å². The number of rotatable bonds is 10. The summed E-state index contributed by atoms with van der Waals surface area (Å²) in [5.74, 6) is 2.21. The number of amides is 2. The van der Waals surface area contributed by atoms with E-state index in [0.717, 1.165) is 17.7 Å². The van der Waals surface area contributed by atoms with Gasteiger partial charge in [0.05, 0.1) is 31.6 Å². The molecule has 216 valence electrons. The molecule has 3 heterocycles. The Bertz CT molecular complexity index is 1420. The van der Waals surface area contributed by atoms with E-state index in [4.69, 9.17) is 19.3 Å². The van der Waals surface area contributed by atoms with E-state index in [0.29, 0.717) is 65.9 Å². The molecule has 0 saturated carbocycles. The average Bonchev–Trinajstić information content (AvgIpc) is 3.41. The van der Waals surface area contributed by atoms with Crippen molar-refractivity contribution in [2.45, 2.75) is 31.5 Å². The number of ether oxygens (including phenoxy) is 3. The fourth-order valence-electron chi connectivity index (χ4n) is 4.72. The van der Waals surface area contributed by atoms with Gasteiger partial charge in [-0.1, -0.05) is 43.0 Å². The van der Waals surface area contributed by atoms with Crippen LogP contribution >= 0.6 is 11.8 Å². The lowest BCUT2D eigenvalue weighted by atomic mass is 9.95. The van der Waals surface area contributed by atoms with Gasteiger partial charge < -0.3 is 29.7 Å². The number of morpholine rings is 1. The van der Waals surface area contributed by atoms with E-state index in [9.17, 15) is 9.59 Å². The second-order valence-corrected chi connectivity index (χ2v) is 10.6. The predicted octanol–water partition coefficient (Wildman–Crippen LogP) is 3.95. The molecule has 2 aliphatic rings. The van der Waals surface area contributed by atoms with E-state index in [1.807, 2.05) is 31.2 Å². The van der Waals surface area contributed by atoms with Crippen LogP contribution in [-0.4, -0.2) is 77.3 Å². The highest BCUT2D eigenvalue weighted by molar-refractivity contribution is 7.99. The van der Waals surface area contributed by atoms with Gasteiger partial charge in [0.1, 0.15) is 17.5 Å². The number of carbonyl (C=O) groups excluding carboxylic acids is 2. The number of hydrogen-bond donors (Lipinski definition) is 2. The second-order valence-electron chi connectivity index (χ2n) is 9.58. The van der Waals surface area contributed by atoms with Crippen LogP contribution in [0.1, 0.15) is 31.9 Å². The molecule has 2 amide bonds. The fraction of sp³-hybridized carbons (Fsp3) is 0.379. The Morgan fingerprint density at radius 3 is 2.63 bits per heavy atom. The molecule has 11 nitrogen and oxygen atoms in total. The zero-order valence-corrected chi connectivity index (χ0v) is 24.2. The number of para-hydroxylation sites is 2. The fourth-order valence-corrected chi connectivity index (χ4v) is 5.40. The van der Waals surface area contributed by atoms with Crippen LogP contribution < -0.4 is 20.1 Å². The Morgan fingerprint density at radius 1 is 1.15 bits per heavy atom. The van der Waals surface area contributed by atoms with Crippen molar-refractivity contribution in [1.29, 1.82) is 0 Å². The number of hydrogen-bond acceptors (Lipinski definition) is 9. The molecule has 1 fully saturated rings. The van der Waals surface area contributed by atoms with Crippen LogP contribution in [0.3, 0.4) is 0 Å². The van der Waals surface area contributed by atoms with Crippen molar-refractivity contribution >= 4 is 35.2 Å². The lowest BCUT2D eigenvalue weighted by Gasteiger charge is -2.29. The van der Waals surface area contributed by atoms with Crippen LogP contribution in [0.4, 0.5) is 11.6 Å². The molecule has 2 aromatic carbocycles. The Morgan fingerprint density at radius 2 is 1.90 bits per heavy atom. The van der Waals surface area contributed by atoms with Crippen molar-refractivity contribution in [2.75, 3.05) is 56.4 Å². The van der Waals surface area contributed by atoms with Crippen molar-refractivity contribution in [3.8, 4) is 11.5 Å². The average molecular weight is 579 g/mol. The predicted molar refractivity (Wildman–Crippen MR) is 156 cm³/mol. The first kappa shape index (κ1) is 28.5. The van der Waals surface area contributed by atoms with Gasteiger partial charge in [-0.3, -0.25) is 9.59 Å². The van der Waals surface area contributed by atoms with Crippen LogP contribution in [0.5, 0.6) is 11.5 Å². The van der Waals surface area contributed by atoms with Crippen LogP contribution in [0.2, 0.25) is 0 Å². The summed E-state index contributed by atoms with van der Waals surface area (Å²) in [6.45, 7) is 6.13. The maximum Gasteiger partial charge on any atom is 0.260 e. The summed E-state index contributed by atoms with van der Waals surface area (Å²) in [5, 5.41) is 11.7. The van der Waals surface area contributed by atoms with Gasteiger partial charge in [0.25, 0.3) is 11.8 Å². The Labute approximate surface area is 243 Å². The number of aromatic nitrogens is 3. The zero-order valence-electron chi connectivity index (χ0n) is 23.4. The SMILES string of the molecule is CCCSc1nc2n(n1)C(c1ccc(OCC(=O)N3CCOCC3)cc1)C(C(=O)Nc1ccccc1OC)=C(C)N2. The van der Waals surface area contributed by atoms with E-state index in [2.05, 4.69) is 22.5 Å². The molecule has 0 aliphatic carbocycles. The number of nitrogens with zero attached hydrogens (tertiary/aromatic N) is 4. The van der Waals surface area contributed by atoms with E-state index < -0.39 is 6.04 Å². The maximum atomic E-state index is 13.8. The number of fused-ring (bicyclic) bond motifs is 1. The quantitative estimate of drug-likeness (QED) is 0.345. The molecule has 5 rings (SSSR count). The minimum Gasteiger partial charge on any atom is -0.495 e. The summed E-state index contributed by atoms with van der Waals surface area (Å²) in [6, 6.07) is 14.1. The molecular formula is C29H34N6O5S. The van der Waals surface area contributed by atoms with Gasteiger partial charge in [0, 0.05) is 24.5 Å². The van der Waals surface area contributed by atoms with Crippen molar-refractivity contribution < 1.29 is 23.8 Å². The molecule has 2 aliphatic heterocycles. The molecule has 41 heavy (non-hydrogen) atoms. The van der Waals surface area contributed by atoms with Crippen molar-refractivity contribution in [1.82, 2.24) is 19.7 Å². The molecule has 0 spiro atoms. The standard InChI is InChI=1S/C29H34N6O5S/c1-4-17-41-29-32-28-30-19(2)25(27(37)31-22-7-5-6-8-23(22)38-3)26(35(28)33-29)20-9-11-21(12-10-20)40-18-24(36)34-13-15-39-16-14-34/h5-12,26H,4,13-18H2,1-3H3,(H,31,37)(H,30,32,33). The van der Waals surface area contributed by atoms with E-state index in [-0.39, 0.29) is 18.4 Å². The van der Waals surface area contributed by atoms with Crippen LogP contribution in [0.15, 0.2) is 65.0 Å². The Kier molecular flexibility index (Phi) is 9.10. The molecule has 1 unspecified atom stereocenters. The Balaban J connectivity index is 1.41. The lowest BCUT2D eigenvalue weighted by Crippen LogP contribution is -2.42. The minimum absolute atomic E-state index is 0.0521. The highest BCUT2D eigenvalue weighted by Gasteiger charge is 2.34.